The summed E-state index contributed by atoms with van der Waals surface area (Å²) in [7, 11) is 0. The minimum absolute atomic E-state index is 0. The number of piperidine rings is 1. The van der Waals surface area contributed by atoms with Crippen molar-refractivity contribution in [2.24, 2.45) is 0 Å². The summed E-state index contributed by atoms with van der Waals surface area (Å²) >= 11 is 5.90. The summed E-state index contributed by atoms with van der Waals surface area (Å²) < 4.78 is 5.33. The highest BCUT2D eigenvalue weighted by atomic mass is 35.5. The third kappa shape index (κ3) is 6.19. The van der Waals surface area contributed by atoms with Gasteiger partial charge in [-0.1, -0.05) is 23.7 Å². The average molecular weight is 427 g/mol. The first-order chi connectivity index (χ1) is 13.2. The molecule has 1 aromatic heterocycles. The highest BCUT2D eigenvalue weighted by molar-refractivity contribution is 6.30. The van der Waals surface area contributed by atoms with Gasteiger partial charge in [0.15, 0.2) is 0 Å². The molecule has 3 rings (SSSR count). The van der Waals surface area contributed by atoms with Crippen LogP contribution in [0.25, 0.3) is 11.4 Å². The van der Waals surface area contributed by atoms with E-state index >= 15 is 0 Å². The molecule has 154 valence electrons. The molecular formula is C20H28Cl2N4O2. The number of carbonyl (C=O) groups excluding carboxylic acids is 1. The summed E-state index contributed by atoms with van der Waals surface area (Å²) in [4.78, 5) is 19.2. The number of hydrogen-bond donors (Lipinski definition) is 1. The number of halogens is 2. The van der Waals surface area contributed by atoms with Gasteiger partial charge in [-0.05, 0) is 63.0 Å². The van der Waals surface area contributed by atoms with Crippen LogP contribution in [0.15, 0.2) is 28.8 Å². The van der Waals surface area contributed by atoms with Crippen LogP contribution in [0.1, 0.15) is 44.9 Å². The molecular weight excluding hydrogens is 399 g/mol. The zero-order chi connectivity index (χ0) is 19.1. The Morgan fingerprint density at radius 2 is 2.00 bits per heavy atom. The molecule has 0 atom stereocenters. The maximum Gasteiger partial charge on any atom is 0.226 e. The Morgan fingerprint density at radius 1 is 1.29 bits per heavy atom. The van der Waals surface area contributed by atoms with Crippen molar-refractivity contribution in [1.82, 2.24) is 20.4 Å². The molecule has 1 aliphatic rings. The maximum atomic E-state index is 12.7. The van der Waals surface area contributed by atoms with Crippen LogP contribution in [0.4, 0.5) is 0 Å². The quantitative estimate of drug-likeness (QED) is 0.686. The van der Waals surface area contributed by atoms with E-state index in [-0.39, 0.29) is 18.3 Å². The lowest BCUT2D eigenvalue weighted by atomic mass is 10.0. The fourth-order valence-corrected chi connectivity index (χ4v) is 3.60. The second kappa shape index (κ2) is 11.4. The fourth-order valence-electron chi connectivity index (χ4n) is 3.48. The molecule has 1 saturated heterocycles. The Labute approximate surface area is 177 Å². The molecule has 1 amide bonds. The van der Waals surface area contributed by atoms with Gasteiger partial charge < -0.3 is 14.7 Å². The van der Waals surface area contributed by atoms with Crippen LogP contribution in [0.3, 0.4) is 0 Å². The zero-order valence-corrected chi connectivity index (χ0v) is 17.8. The van der Waals surface area contributed by atoms with Gasteiger partial charge in [-0.15, -0.1) is 12.4 Å². The van der Waals surface area contributed by atoms with Gasteiger partial charge in [0.25, 0.3) is 0 Å². The van der Waals surface area contributed by atoms with E-state index in [0.717, 1.165) is 44.5 Å². The van der Waals surface area contributed by atoms with Gasteiger partial charge in [-0.25, -0.2) is 0 Å². The molecule has 6 nitrogen and oxygen atoms in total. The molecule has 0 unspecified atom stereocenters. The van der Waals surface area contributed by atoms with Crippen LogP contribution in [-0.4, -0.2) is 46.6 Å². The van der Waals surface area contributed by atoms with E-state index in [4.69, 9.17) is 16.1 Å². The summed E-state index contributed by atoms with van der Waals surface area (Å²) in [6.45, 7) is 4.95. The van der Waals surface area contributed by atoms with E-state index in [1.807, 2.05) is 12.1 Å². The first kappa shape index (κ1) is 22.7. The molecule has 0 bridgehead atoms. The molecule has 1 N–H and O–H groups in total. The van der Waals surface area contributed by atoms with Crippen molar-refractivity contribution in [3.8, 4) is 11.4 Å². The molecule has 0 saturated carbocycles. The molecule has 0 spiro atoms. The third-order valence-corrected chi connectivity index (χ3v) is 5.14. The van der Waals surface area contributed by atoms with E-state index < -0.39 is 0 Å². The predicted molar refractivity (Wildman–Crippen MR) is 113 cm³/mol. The monoisotopic (exact) mass is 426 g/mol. The summed E-state index contributed by atoms with van der Waals surface area (Å²) in [5, 5.41) is 8.05. The van der Waals surface area contributed by atoms with Crippen LogP contribution in [-0.2, 0) is 11.2 Å². The smallest absolute Gasteiger partial charge is 0.226 e. The minimum atomic E-state index is 0. The highest BCUT2D eigenvalue weighted by Gasteiger charge is 2.24. The Hall–Kier alpha value is -1.63. The summed E-state index contributed by atoms with van der Waals surface area (Å²) in [5.74, 6) is 1.35. The standard InChI is InChI=1S/C20H27ClN4O2.ClH/c1-2-14-25(17-10-12-22-13-11-17)19(26)5-3-4-18-23-20(24-27-18)15-6-8-16(21)9-7-15;/h6-9,17,22H,2-5,10-14H2,1H3;1H. The first-order valence-electron chi connectivity index (χ1n) is 9.76. The maximum absolute atomic E-state index is 12.7. The number of hydrogen-bond acceptors (Lipinski definition) is 5. The normalized spacial score (nSPS) is 14.5. The Bertz CT molecular complexity index is 730. The van der Waals surface area contributed by atoms with Crippen molar-refractivity contribution < 1.29 is 9.32 Å². The SMILES string of the molecule is CCCN(C(=O)CCCc1nc(-c2ccc(Cl)cc2)no1)C1CCNCC1.Cl. The topological polar surface area (TPSA) is 71.3 Å². The minimum Gasteiger partial charge on any atom is -0.340 e. The molecule has 0 radical (unpaired) electrons. The zero-order valence-electron chi connectivity index (χ0n) is 16.2. The second-order valence-electron chi connectivity index (χ2n) is 6.94. The van der Waals surface area contributed by atoms with Gasteiger partial charge in [0.1, 0.15) is 0 Å². The average Bonchev–Trinajstić information content (AvgIpc) is 3.16. The molecule has 2 heterocycles. The van der Waals surface area contributed by atoms with Crippen molar-refractivity contribution in [3.05, 3.63) is 35.2 Å². The second-order valence-corrected chi connectivity index (χ2v) is 7.38. The van der Waals surface area contributed by atoms with Crippen molar-refractivity contribution >= 4 is 29.9 Å². The molecule has 1 fully saturated rings. The molecule has 28 heavy (non-hydrogen) atoms. The predicted octanol–water partition coefficient (Wildman–Crippen LogP) is 4.13. The summed E-state index contributed by atoms with van der Waals surface area (Å²) in [6, 6.07) is 7.70. The van der Waals surface area contributed by atoms with E-state index in [0.29, 0.717) is 42.0 Å². The molecule has 2 aromatic rings. The fraction of sp³-hybridized carbons (Fsp3) is 0.550. The van der Waals surface area contributed by atoms with Gasteiger partial charge >= 0.3 is 0 Å². The largest absolute Gasteiger partial charge is 0.340 e. The van der Waals surface area contributed by atoms with Crippen LogP contribution in [0, 0.1) is 0 Å². The number of amides is 1. The van der Waals surface area contributed by atoms with Gasteiger partial charge in [0.2, 0.25) is 17.6 Å². The lowest BCUT2D eigenvalue weighted by Gasteiger charge is -2.34. The number of aromatic nitrogens is 2. The Balaban J connectivity index is 0.00000280. The van der Waals surface area contributed by atoms with Gasteiger partial charge in [-0.2, -0.15) is 4.98 Å². The van der Waals surface area contributed by atoms with Crippen molar-refractivity contribution in [3.63, 3.8) is 0 Å². The van der Waals surface area contributed by atoms with Crippen LogP contribution in [0.2, 0.25) is 5.02 Å². The van der Waals surface area contributed by atoms with Crippen LogP contribution < -0.4 is 5.32 Å². The van der Waals surface area contributed by atoms with Crippen molar-refractivity contribution in [2.75, 3.05) is 19.6 Å². The third-order valence-electron chi connectivity index (χ3n) is 4.89. The van der Waals surface area contributed by atoms with E-state index in [1.54, 1.807) is 12.1 Å². The highest BCUT2D eigenvalue weighted by Crippen LogP contribution is 2.20. The summed E-state index contributed by atoms with van der Waals surface area (Å²) in [6.07, 6.45) is 4.91. The van der Waals surface area contributed by atoms with Crippen molar-refractivity contribution in [2.45, 2.75) is 51.5 Å². The Kier molecular flexibility index (Phi) is 9.22. The molecule has 0 aliphatic carbocycles. The van der Waals surface area contributed by atoms with E-state index in [9.17, 15) is 4.79 Å². The number of aryl methyl sites for hydroxylation is 1. The van der Waals surface area contributed by atoms with Crippen LogP contribution in [0.5, 0.6) is 0 Å². The van der Waals surface area contributed by atoms with Gasteiger partial charge in [0.05, 0.1) is 0 Å². The van der Waals surface area contributed by atoms with Crippen LogP contribution >= 0.6 is 24.0 Å². The lowest BCUT2D eigenvalue weighted by Crippen LogP contribution is -2.46. The first-order valence-corrected chi connectivity index (χ1v) is 10.1. The Morgan fingerprint density at radius 3 is 2.68 bits per heavy atom. The van der Waals surface area contributed by atoms with Gasteiger partial charge in [0, 0.05) is 36.0 Å². The number of benzene rings is 1. The number of rotatable bonds is 8. The number of carbonyl (C=O) groups is 1. The molecule has 1 aliphatic heterocycles. The molecule has 8 heteroatoms. The molecule has 1 aromatic carbocycles. The lowest BCUT2D eigenvalue weighted by molar-refractivity contribution is -0.134. The van der Waals surface area contributed by atoms with Gasteiger partial charge in [-0.3, -0.25) is 4.79 Å². The number of nitrogens with zero attached hydrogens (tertiary/aromatic N) is 3. The van der Waals surface area contributed by atoms with E-state index in [2.05, 4.69) is 27.3 Å². The summed E-state index contributed by atoms with van der Waals surface area (Å²) in [5.41, 5.74) is 0.866. The van der Waals surface area contributed by atoms with Crippen molar-refractivity contribution in [1.29, 1.82) is 0 Å². The number of nitrogens with one attached hydrogen (secondary N) is 1. The van der Waals surface area contributed by atoms with E-state index in [1.165, 1.54) is 0 Å².